The number of hydrogen-bond acceptors (Lipinski definition) is 7. The number of carbonyl (C=O) groups excluding carboxylic acids is 1. The standard InChI is InChI=1S/C24H28BrNO7S/c1-13(2)33-24(28)18-10-16-14(3)34(29,30)21-12-20(32-9-5-8-31-4)19(25)11-17(21)22(16)26(23(18)27)15-6-7-15/h10-15H,5-9H2,1-4H3. The van der Waals surface area contributed by atoms with Crippen LogP contribution < -0.4 is 10.3 Å². The number of ether oxygens (including phenoxy) is 3. The van der Waals surface area contributed by atoms with Crippen LogP contribution in [0.4, 0.5) is 0 Å². The molecule has 1 aliphatic heterocycles. The number of benzene rings is 1. The van der Waals surface area contributed by atoms with Gasteiger partial charge in [-0.3, -0.25) is 4.79 Å². The van der Waals surface area contributed by atoms with E-state index in [4.69, 9.17) is 14.2 Å². The highest BCUT2D eigenvalue weighted by atomic mass is 79.9. The molecule has 2 heterocycles. The van der Waals surface area contributed by atoms with Gasteiger partial charge >= 0.3 is 5.97 Å². The molecule has 2 aliphatic rings. The van der Waals surface area contributed by atoms with Gasteiger partial charge in [0.05, 0.1) is 33.0 Å². The number of halogens is 1. The van der Waals surface area contributed by atoms with Crippen LogP contribution >= 0.6 is 15.9 Å². The SMILES string of the molecule is COCCCOc1cc2c(cc1Br)-c1c(cc(C(=O)OC(C)C)c(=O)n1C1CC1)C(C)S2(=O)=O. The van der Waals surface area contributed by atoms with Gasteiger partial charge in [0.2, 0.25) is 0 Å². The molecule has 34 heavy (non-hydrogen) atoms. The molecule has 8 nitrogen and oxygen atoms in total. The molecule has 1 aliphatic carbocycles. The minimum absolute atomic E-state index is 0.0855. The Bertz CT molecular complexity index is 1300. The van der Waals surface area contributed by atoms with Crippen molar-refractivity contribution in [1.29, 1.82) is 0 Å². The molecular formula is C24H28BrNO7S. The zero-order valence-corrected chi connectivity index (χ0v) is 22.0. The van der Waals surface area contributed by atoms with Crippen LogP contribution in [0.25, 0.3) is 11.3 Å². The first-order valence-corrected chi connectivity index (χ1v) is 13.6. The maximum absolute atomic E-state index is 13.6. The highest BCUT2D eigenvalue weighted by molar-refractivity contribution is 9.10. The number of methoxy groups -OCH3 is 1. The second kappa shape index (κ2) is 9.47. The van der Waals surface area contributed by atoms with Gasteiger partial charge < -0.3 is 18.8 Å². The van der Waals surface area contributed by atoms with Gasteiger partial charge in [0.1, 0.15) is 11.3 Å². The van der Waals surface area contributed by atoms with Crippen molar-refractivity contribution in [3.63, 3.8) is 0 Å². The first-order valence-electron chi connectivity index (χ1n) is 11.3. The average molecular weight is 554 g/mol. The third kappa shape index (κ3) is 4.43. The van der Waals surface area contributed by atoms with Gasteiger partial charge in [0.15, 0.2) is 9.84 Å². The van der Waals surface area contributed by atoms with E-state index in [9.17, 15) is 18.0 Å². The van der Waals surface area contributed by atoms with Crippen LogP contribution in [-0.2, 0) is 19.3 Å². The highest BCUT2D eigenvalue weighted by Gasteiger charge is 2.41. The van der Waals surface area contributed by atoms with Gasteiger partial charge in [0.25, 0.3) is 5.56 Å². The number of nitrogens with zero attached hydrogens (tertiary/aromatic N) is 1. The number of pyridine rings is 1. The molecule has 1 aromatic heterocycles. The summed E-state index contributed by atoms with van der Waals surface area (Å²) in [4.78, 5) is 26.3. The van der Waals surface area contributed by atoms with E-state index in [0.717, 1.165) is 12.8 Å². The van der Waals surface area contributed by atoms with Crippen molar-refractivity contribution in [2.24, 2.45) is 0 Å². The molecule has 4 rings (SSSR count). The second-order valence-electron chi connectivity index (χ2n) is 8.88. The molecule has 0 spiro atoms. The normalized spacial score (nSPS) is 18.4. The molecular weight excluding hydrogens is 526 g/mol. The number of carbonyl (C=O) groups is 1. The Kier molecular flexibility index (Phi) is 6.94. The van der Waals surface area contributed by atoms with E-state index in [0.29, 0.717) is 46.7 Å². The molecule has 0 saturated heterocycles. The van der Waals surface area contributed by atoms with Crippen LogP contribution in [-0.4, -0.2) is 45.4 Å². The van der Waals surface area contributed by atoms with Gasteiger partial charge in [-0.05, 0) is 67.2 Å². The average Bonchev–Trinajstić information content (AvgIpc) is 3.60. The van der Waals surface area contributed by atoms with E-state index in [1.165, 1.54) is 12.1 Å². The molecule has 1 aromatic carbocycles. The third-order valence-electron chi connectivity index (χ3n) is 5.99. The van der Waals surface area contributed by atoms with Crippen LogP contribution in [0.15, 0.2) is 32.4 Å². The molecule has 0 radical (unpaired) electrons. The first-order chi connectivity index (χ1) is 16.1. The Balaban J connectivity index is 1.92. The minimum Gasteiger partial charge on any atom is -0.492 e. The van der Waals surface area contributed by atoms with Crippen LogP contribution in [0.5, 0.6) is 5.75 Å². The molecule has 1 fully saturated rings. The van der Waals surface area contributed by atoms with Crippen LogP contribution in [0, 0.1) is 0 Å². The zero-order valence-electron chi connectivity index (χ0n) is 19.6. The summed E-state index contributed by atoms with van der Waals surface area (Å²) in [6.45, 7) is 5.88. The summed E-state index contributed by atoms with van der Waals surface area (Å²) in [5, 5.41) is -0.950. The second-order valence-corrected chi connectivity index (χ2v) is 12.0. The van der Waals surface area contributed by atoms with Gasteiger partial charge in [-0.25, -0.2) is 13.2 Å². The number of fused-ring (bicyclic) bond motifs is 3. The fourth-order valence-electron chi connectivity index (χ4n) is 4.16. The van der Waals surface area contributed by atoms with Crippen molar-refractivity contribution in [3.8, 4) is 17.0 Å². The fourth-order valence-corrected chi connectivity index (χ4v) is 6.25. The largest absolute Gasteiger partial charge is 0.492 e. The summed E-state index contributed by atoms with van der Waals surface area (Å²) in [5.41, 5.74) is 0.798. The summed E-state index contributed by atoms with van der Waals surface area (Å²) >= 11 is 3.50. The van der Waals surface area contributed by atoms with Gasteiger partial charge in [-0.15, -0.1) is 0 Å². The lowest BCUT2D eigenvalue weighted by molar-refractivity contribution is 0.0375. The van der Waals surface area contributed by atoms with Crippen molar-refractivity contribution in [1.82, 2.24) is 4.57 Å². The number of esters is 1. The summed E-state index contributed by atoms with van der Waals surface area (Å²) in [7, 11) is -2.20. The summed E-state index contributed by atoms with van der Waals surface area (Å²) in [6.07, 6.45) is 1.82. The van der Waals surface area contributed by atoms with Crippen molar-refractivity contribution >= 4 is 31.7 Å². The van der Waals surface area contributed by atoms with Crippen molar-refractivity contribution in [2.75, 3.05) is 20.3 Å². The summed E-state index contributed by atoms with van der Waals surface area (Å²) in [6, 6.07) is 4.52. The van der Waals surface area contributed by atoms with Crippen LogP contribution in [0.2, 0.25) is 0 Å². The number of aromatic nitrogens is 1. The Hall–Kier alpha value is -2.17. The number of sulfone groups is 1. The first kappa shape index (κ1) is 24.9. The monoisotopic (exact) mass is 553 g/mol. The summed E-state index contributed by atoms with van der Waals surface area (Å²) in [5.74, 6) is -0.333. The lowest BCUT2D eigenvalue weighted by atomic mass is 9.99. The topological polar surface area (TPSA) is 101 Å². The highest BCUT2D eigenvalue weighted by Crippen LogP contribution is 2.49. The van der Waals surface area contributed by atoms with E-state index < -0.39 is 32.7 Å². The fraction of sp³-hybridized carbons (Fsp3) is 0.500. The Morgan fingerprint density at radius 1 is 1.21 bits per heavy atom. The Labute approximate surface area is 207 Å². The molecule has 1 saturated carbocycles. The van der Waals surface area contributed by atoms with Crippen molar-refractivity contribution in [3.05, 3.63) is 44.2 Å². The van der Waals surface area contributed by atoms with E-state index in [1.807, 2.05) is 0 Å². The van der Waals surface area contributed by atoms with Gasteiger partial charge in [-0.2, -0.15) is 0 Å². The third-order valence-corrected chi connectivity index (χ3v) is 8.74. The molecule has 2 aromatic rings. The smallest absolute Gasteiger partial charge is 0.344 e. The van der Waals surface area contributed by atoms with Crippen LogP contribution in [0.3, 0.4) is 0 Å². The van der Waals surface area contributed by atoms with E-state index >= 15 is 0 Å². The predicted octanol–water partition coefficient (Wildman–Crippen LogP) is 4.44. The maximum Gasteiger partial charge on any atom is 0.344 e. The maximum atomic E-state index is 13.6. The Morgan fingerprint density at radius 3 is 2.53 bits per heavy atom. The molecule has 10 heteroatoms. The lowest BCUT2D eigenvalue weighted by Crippen LogP contribution is -2.33. The lowest BCUT2D eigenvalue weighted by Gasteiger charge is -2.29. The summed E-state index contributed by atoms with van der Waals surface area (Å²) < 4.78 is 45.4. The zero-order chi connectivity index (χ0) is 24.8. The van der Waals surface area contributed by atoms with E-state index in [-0.39, 0.29) is 16.5 Å². The van der Waals surface area contributed by atoms with Crippen LogP contribution in [0.1, 0.15) is 67.2 Å². The minimum atomic E-state index is -3.80. The van der Waals surface area contributed by atoms with E-state index in [1.54, 1.807) is 38.5 Å². The number of hydrogen-bond donors (Lipinski definition) is 0. The molecule has 0 amide bonds. The molecule has 0 bridgehead atoms. The quantitative estimate of drug-likeness (QED) is 0.351. The van der Waals surface area contributed by atoms with Crippen molar-refractivity contribution < 1.29 is 27.4 Å². The van der Waals surface area contributed by atoms with Crippen molar-refractivity contribution in [2.45, 2.75) is 62.3 Å². The number of rotatable bonds is 8. The molecule has 0 N–H and O–H groups in total. The molecule has 1 atom stereocenters. The molecule has 1 unspecified atom stereocenters. The molecule has 184 valence electrons. The predicted molar refractivity (Wildman–Crippen MR) is 130 cm³/mol. The van der Waals surface area contributed by atoms with Gasteiger partial charge in [-0.1, -0.05) is 0 Å². The van der Waals surface area contributed by atoms with E-state index in [2.05, 4.69) is 15.9 Å². The Morgan fingerprint density at radius 2 is 1.91 bits per heavy atom. The van der Waals surface area contributed by atoms with Gasteiger partial charge in [0, 0.05) is 37.8 Å².